The van der Waals surface area contributed by atoms with Crippen molar-refractivity contribution in [3.8, 4) is 0 Å². The zero-order chi connectivity index (χ0) is 11.5. The molecule has 2 rings (SSSR count). The van der Waals surface area contributed by atoms with Gasteiger partial charge in [0.15, 0.2) is 0 Å². The van der Waals surface area contributed by atoms with Crippen LogP contribution in [0.25, 0.3) is 0 Å². The minimum absolute atomic E-state index is 0.0589. The second-order valence-electron chi connectivity index (χ2n) is 4.44. The Labute approximate surface area is 101 Å². The van der Waals surface area contributed by atoms with Crippen molar-refractivity contribution in [3.05, 3.63) is 29.8 Å². The van der Waals surface area contributed by atoms with Crippen LogP contribution >= 0.6 is 11.8 Å². The van der Waals surface area contributed by atoms with Gasteiger partial charge in [-0.05, 0) is 37.1 Å². The summed E-state index contributed by atoms with van der Waals surface area (Å²) in [6.07, 6.45) is 2.26. The lowest BCUT2D eigenvalue weighted by atomic mass is 10.2. The van der Waals surface area contributed by atoms with Gasteiger partial charge in [0, 0.05) is 21.8 Å². The van der Waals surface area contributed by atoms with Gasteiger partial charge in [0.05, 0.1) is 0 Å². The molecular formula is C13H17NOS. The maximum absolute atomic E-state index is 11.7. The van der Waals surface area contributed by atoms with Crippen molar-refractivity contribution in [3.63, 3.8) is 0 Å². The first-order chi connectivity index (χ1) is 7.65. The largest absolute Gasteiger partial charge is 0.349 e. The Bertz CT molecular complexity index is 368. The summed E-state index contributed by atoms with van der Waals surface area (Å²) >= 11 is 1.81. The van der Waals surface area contributed by atoms with Crippen molar-refractivity contribution in [1.82, 2.24) is 5.32 Å². The SMILES string of the molecule is CC(C)Sc1ccc(C(=O)NC2CC2)cc1. The third-order valence-electron chi connectivity index (χ3n) is 2.40. The molecule has 1 aromatic carbocycles. The lowest BCUT2D eigenvalue weighted by Gasteiger charge is -2.06. The van der Waals surface area contributed by atoms with E-state index in [1.165, 1.54) is 4.90 Å². The molecular weight excluding hydrogens is 218 g/mol. The third kappa shape index (κ3) is 3.27. The van der Waals surface area contributed by atoms with E-state index in [1.807, 2.05) is 36.0 Å². The molecule has 3 heteroatoms. The van der Waals surface area contributed by atoms with E-state index in [9.17, 15) is 4.79 Å². The second kappa shape index (κ2) is 4.91. The van der Waals surface area contributed by atoms with Crippen LogP contribution in [-0.2, 0) is 0 Å². The van der Waals surface area contributed by atoms with E-state index >= 15 is 0 Å². The summed E-state index contributed by atoms with van der Waals surface area (Å²) in [4.78, 5) is 12.9. The Kier molecular flexibility index (Phi) is 3.54. The van der Waals surface area contributed by atoms with Crippen molar-refractivity contribution < 1.29 is 4.79 Å². The number of amides is 1. The fourth-order valence-electron chi connectivity index (χ4n) is 1.45. The molecule has 1 N–H and O–H groups in total. The molecule has 86 valence electrons. The number of hydrogen-bond acceptors (Lipinski definition) is 2. The van der Waals surface area contributed by atoms with E-state index in [0.717, 1.165) is 18.4 Å². The Hall–Kier alpha value is -0.960. The summed E-state index contributed by atoms with van der Waals surface area (Å²) in [5.74, 6) is 0.0589. The lowest BCUT2D eigenvalue weighted by molar-refractivity contribution is 0.0951. The highest BCUT2D eigenvalue weighted by atomic mass is 32.2. The molecule has 0 saturated heterocycles. The number of benzene rings is 1. The van der Waals surface area contributed by atoms with Crippen molar-refractivity contribution in [2.24, 2.45) is 0 Å². The van der Waals surface area contributed by atoms with Gasteiger partial charge in [-0.25, -0.2) is 0 Å². The van der Waals surface area contributed by atoms with E-state index in [1.54, 1.807) is 0 Å². The molecule has 1 aliphatic carbocycles. The van der Waals surface area contributed by atoms with Gasteiger partial charge in [0.2, 0.25) is 0 Å². The van der Waals surface area contributed by atoms with Gasteiger partial charge < -0.3 is 5.32 Å². The fraction of sp³-hybridized carbons (Fsp3) is 0.462. The average molecular weight is 235 g/mol. The van der Waals surface area contributed by atoms with Gasteiger partial charge in [0.1, 0.15) is 0 Å². The maximum Gasteiger partial charge on any atom is 0.251 e. The van der Waals surface area contributed by atoms with Gasteiger partial charge in [-0.2, -0.15) is 0 Å². The number of carbonyl (C=O) groups excluding carboxylic acids is 1. The topological polar surface area (TPSA) is 29.1 Å². The van der Waals surface area contributed by atoms with Gasteiger partial charge in [0.25, 0.3) is 5.91 Å². The molecule has 1 aliphatic rings. The number of rotatable bonds is 4. The Morgan fingerprint density at radius 3 is 2.44 bits per heavy atom. The van der Waals surface area contributed by atoms with Crippen LogP contribution in [0.4, 0.5) is 0 Å². The monoisotopic (exact) mass is 235 g/mol. The summed E-state index contributed by atoms with van der Waals surface area (Å²) in [7, 11) is 0. The highest BCUT2D eigenvalue weighted by Crippen LogP contribution is 2.23. The van der Waals surface area contributed by atoms with Gasteiger partial charge >= 0.3 is 0 Å². The van der Waals surface area contributed by atoms with Crippen LogP contribution < -0.4 is 5.32 Å². The van der Waals surface area contributed by atoms with Crippen molar-refractivity contribution in [2.75, 3.05) is 0 Å². The number of nitrogens with one attached hydrogen (secondary N) is 1. The van der Waals surface area contributed by atoms with Crippen molar-refractivity contribution >= 4 is 17.7 Å². The molecule has 16 heavy (non-hydrogen) atoms. The van der Waals surface area contributed by atoms with E-state index in [2.05, 4.69) is 19.2 Å². The number of hydrogen-bond donors (Lipinski definition) is 1. The Morgan fingerprint density at radius 1 is 1.31 bits per heavy atom. The minimum atomic E-state index is 0.0589. The van der Waals surface area contributed by atoms with E-state index < -0.39 is 0 Å². The quantitative estimate of drug-likeness (QED) is 0.813. The van der Waals surface area contributed by atoms with Crippen LogP contribution in [0.15, 0.2) is 29.2 Å². The maximum atomic E-state index is 11.7. The molecule has 2 nitrogen and oxygen atoms in total. The summed E-state index contributed by atoms with van der Waals surface area (Å²) < 4.78 is 0. The molecule has 0 aliphatic heterocycles. The molecule has 0 aromatic heterocycles. The van der Waals surface area contributed by atoms with Gasteiger partial charge in [-0.3, -0.25) is 4.79 Å². The molecule has 1 aromatic rings. The number of thioether (sulfide) groups is 1. The zero-order valence-electron chi connectivity index (χ0n) is 9.69. The molecule has 0 bridgehead atoms. The van der Waals surface area contributed by atoms with Gasteiger partial charge in [-0.1, -0.05) is 13.8 Å². The molecule has 1 amide bonds. The predicted octanol–water partition coefficient (Wildman–Crippen LogP) is 3.08. The van der Waals surface area contributed by atoms with E-state index in [-0.39, 0.29) is 5.91 Å². The Balaban J connectivity index is 1.97. The first-order valence-electron chi connectivity index (χ1n) is 5.73. The average Bonchev–Trinajstić information content (AvgIpc) is 3.01. The third-order valence-corrected chi connectivity index (χ3v) is 3.42. The fourth-order valence-corrected chi connectivity index (χ4v) is 2.29. The summed E-state index contributed by atoms with van der Waals surface area (Å²) in [6.45, 7) is 4.33. The van der Waals surface area contributed by atoms with Crippen molar-refractivity contribution in [2.45, 2.75) is 42.9 Å². The summed E-state index contributed by atoms with van der Waals surface area (Å²) in [5.41, 5.74) is 0.764. The van der Waals surface area contributed by atoms with Crippen LogP contribution in [0, 0.1) is 0 Å². The Morgan fingerprint density at radius 2 is 1.94 bits per heavy atom. The van der Waals surface area contributed by atoms with Gasteiger partial charge in [-0.15, -0.1) is 11.8 Å². The molecule has 1 fully saturated rings. The molecule has 1 saturated carbocycles. The van der Waals surface area contributed by atoms with E-state index in [0.29, 0.717) is 11.3 Å². The lowest BCUT2D eigenvalue weighted by Crippen LogP contribution is -2.25. The first-order valence-corrected chi connectivity index (χ1v) is 6.60. The smallest absolute Gasteiger partial charge is 0.251 e. The molecule has 0 heterocycles. The normalized spacial score (nSPS) is 15.2. The first kappa shape index (κ1) is 11.5. The van der Waals surface area contributed by atoms with Crippen molar-refractivity contribution in [1.29, 1.82) is 0 Å². The highest BCUT2D eigenvalue weighted by molar-refractivity contribution is 7.99. The van der Waals surface area contributed by atoms with E-state index in [4.69, 9.17) is 0 Å². The van der Waals surface area contributed by atoms with Crippen LogP contribution in [0.3, 0.4) is 0 Å². The molecule has 0 spiro atoms. The van der Waals surface area contributed by atoms with Crippen LogP contribution in [-0.4, -0.2) is 17.2 Å². The highest BCUT2D eigenvalue weighted by Gasteiger charge is 2.23. The summed E-state index contributed by atoms with van der Waals surface area (Å²) in [6, 6.07) is 8.28. The number of carbonyl (C=O) groups is 1. The summed E-state index contributed by atoms with van der Waals surface area (Å²) in [5, 5.41) is 3.56. The predicted molar refractivity (Wildman–Crippen MR) is 67.9 cm³/mol. The van der Waals surface area contributed by atoms with Crippen LogP contribution in [0.1, 0.15) is 37.0 Å². The molecule has 0 atom stereocenters. The zero-order valence-corrected chi connectivity index (χ0v) is 10.5. The standard InChI is InChI=1S/C13H17NOS/c1-9(2)16-12-7-3-10(4-8-12)13(15)14-11-5-6-11/h3-4,7-9,11H,5-6H2,1-2H3,(H,14,15). The minimum Gasteiger partial charge on any atom is -0.349 e. The molecule has 0 unspecified atom stereocenters. The second-order valence-corrected chi connectivity index (χ2v) is 6.09. The molecule has 0 radical (unpaired) electrons. The van der Waals surface area contributed by atoms with Crippen LogP contribution in [0.5, 0.6) is 0 Å². The van der Waals surface area contributed by atoms with Crippen LogP contribution in [0.2, 0.25) is 0 Å².